The summed E-state index contributed by atoms with van der Waals surface area (Å²) >= 11 is 0. The van der Waals surface area contributed by atoms with Crippen LogP contribution in [0.3, 0.4) is 0 Å². The highest BCUT2D eigenvalue weighted by Gasteiger charge is 2.07. The number of amides is 1. The summed E-state index contributed by atoms with van der Waals surface area (Å²) in [4.78, 5) is 18.9. The minimum atomic E-state index is -0.472. The summed E-state index contributed by atoms with van der Waals surface area (Å²) in [6, 6.07) is 0. The lowest BCUT2D eigenvalue weighted by atomic mass is 10.2. The van der Waals surface area contributed by atoms with Crippen molar-refractivity contribution in [3.63, 3.8) is 0 Å². The van der Waals surface area contributed by atoms with Crippen LogP contribution in [-0.2, 0) is 4.79 Å². The van der Waals surface area contributed by atoms with E-state index < -0.39 is 5.82 Å². The first-order valence-electron chi connectivity index (χ1n) is 5.98. The van der Waals surface area contributed by atoms with E-state index in [0.717, 1.165) is 0 Å². The van der Waals surface area contributed by atoms with Gasteiger partial charge in [-0.3, -0.25) is 4.79 Å². The largest absolute Gasteiger partial charge is 0.367 e. The molecule has 0 aliphatic rings. The van der Waals surface area contributed by atoms with Crippen molar-refractivity contribution in [2.45, 2.75) is 27.2 Å². The molecule has 0 aliphatic carbocycles. The van der Waals surface area contributed by atoms with Gasteiger partial charge < -0.3 is 10.6 Å². The number of carbonyl (C=O) groups excluding carboxylic acids is 1. The van der Waals surface area contributed by atoms with Gasteiger partial charge in [0.1, 0.15) is 6.33 Å². The van der Waals surface area contributed by atoms with Crippen molar-refractivity contribution in [2.24, 2.45) is 5.92 Å². The topological polar surface area (TPSA) is 66.9 Å². The van der Waals surface area contributed by atoms with Gasteiger partial charge in [0.2, 0.25) is 5.91 Å². The lowest BCUT2D eigenvalue weighted by molar-refractivity contribution is -0.120. The third kappa shape index (κ3) is 4.65. The third-order valence-corrected chi connectivity index (χ3v) is 2.32. The van der Waals surface area contributed by atoms with E-state index in [-0.39, 0.29) is 23.8 Å². The highest BCUT2D eigenvalue weighted by Crippen LogP contribution is 2.11. The molecule has 0 aromatic carbocycles. The number of rotatable bonds is 6. The first-order valence-corrected chi connectivity index (χ1v) is 5.98. The van der Waals surface area contributed by atoms with Crippen molar-refractivity contribution < 1.29 is 9.18 Å². The zero-order chi connectivity index (χ0) is 13.5. The molecule has 0 aliphatic heterocycles. The number of halogens is 1. The number of anilines is 1. The van der Waals surface area contributed by atoms with E-state index in [9.17, 15) is 9.18 Å². The molecule has 100 valence electrons. The molecule has 0 saturated heterocycles. The zero-order valence-electron chi connectivity index (χ0n) is 11.0. The normalized spacial score (nSPS) is 10.5. The average Bonchev–Trinajstić information content (AvgIpc) is 2.32. The number of hydrogen-bond acceptors (Lipinski definition) is 4. The van der Waals surface area contributed by atoms with Crippen LogP contribution >= 0.6 is 0 Å². The van der Waals surface area contributed by atoms with Crippen molar-refractivity contribution in [3.8, 4) is 0 Å². The Hall–Kier alpha value is -1.72. The predicted octanol–water partition coefficient (Wildman–Crippen LogP) is 1.50. The molecule has 0 spiro atoms. The van der Waals surface area contributed by atoms with Crippen molar-refractivity contribution in [3.05, 3.63) is 17.8 Å². The first-order chi connectivity index (χ1) is 8.50. The first kappa shape index (κ1) is 14.3. The molecular weight excluding hydrogens is 235 g/mol. The van der Waals surface area contributed by atoms with Crippen LogP contribution in [0.5, 0.6) is 0 Å². The SMILES string of the molecule is Cc1ncnc(NCCC(=O)NCC(C)C)c1F. The second kappa shape index (κ2) is 6.88. The summed E-state index contributed by atoms with van der Waals surface area (Å²) in [6.45, 7) is 6.61. The van der Waals surface area contributed by atoms with Crippen molar-refractivity contribution in [1.29, 1.82) is 0 Å². The maximum atomic E-state index is 13.5. The lowest BCUT2D eigenvalue weighted by Crippen LogP contribution is -2.28. The molecule has 2 N–H and O–H groups in total. The van der Waals surface area contributed by atoms with Crippen LogP contribution in [0.25, 0.3) is 0 Å². The van der Waals surface area contributed by atoms with E-state index in [0.29, 0.717) is 19.0 Å². The summed E-state index contributed by atoms with van der Waals surface area (Å²) in [5.74, 6) is 0.0329. The molecule has 0 unspecified atom stereocenters. The van der Waals surface area contributed by atoms with E-state index in [2.05, 4.69) is 20.6 Å². The quantitative estimate of drug-likeness (QED) is 0.807. The smallest absolute Gasteiger partial charge is 0.221 e. The van der Waals surface area contributed by atoms with Gasteiger partial charge in [-0.25, -0.2) is 14.4 Å². The molecule has 6 heteroatoms. The molecule has 0 saturated carbocycles. The van der Waals surface area contributed by atoms with Crippen LogP contribution < -0.4 is 10.6 Å². The number of aryl methyl sites for hydroxylation is 1. The molecule has 1 amide bonds. The molecule has 1 aromatic heterocycles. The Kier molecular flexibility index (Phi) is 5.48. The second-order valence-electron chi connectivity index (χ2n) is 4.50. The minimum absolute atomic E-state index is 0.0533. The van der Waals surface area contributed by atoms with E-state index in [1.807, 2.05) is 13.8 Å². The highest BCUT2D eigenvalue weighted by atomic mass is 19.1. The number of nitrogens with one attached hydrogen (secondary N) is 2. The van der Waals surface area contributed by atoms with Gasteiger partial charge in [0.25, 0.3) is 0 Å². The van der Waals surface area contributed by atoms with E-state index in [4.69, 9.17) is 0 Å². The fourth-order valence-electron chi connectivity index (χ4n) is 1.28. The fourth-order valence-corrected chi connectivity index (χ4v) is 1.28. The standard InChI is InChI=1S/C12H19FN4O/c1-8(2)6-15-10(18)4-5-14-12-11(13)9(3)16-7-17-12/h7-8H,4-6H2,1-3H3,(H,15,18)(H,14,16,17). The summed E-state index contributed by atoms with van der Waals surface area (Å²) in [6.07, 6.45) is 1.58. The molecule has 0 fully saturated rings. The van der Waals surface area contributed by atoms with Gasteiger partial charge in [-0.15, -0.1) is 0 Å². The number of hydrogen-bond donors (Lipinski definition) is 2. The van der Waals surface area contributed by atoms with Gasteiger partial charge in [0, 0.05) is 19.5 Å². The van der Waals surface area contributed by atoms with E-state index in [1.165, 1.54) is 6.33 Å². The molecular formula is C12H19FN4O. The predicted molar refractivity (Wildman–Crippen MR) is 67.7 cm³/mol. The highest BCUT2D eigenvalue weighted by molar-refractivity contribution is 5.76. The average molecular weight is 254 g/mol. The Labute approximate surface area is 106 Å². The monoisotopic (exact) mass is 254 g/mol. The zero-order valence-corrected chi connectivity index (χ0v) is 11.0. The van der Waals surface area contributed by atoms with Crippen LogP contribution in [0.1, 0.15) is 26.0 Å². The Morgan fingerprint density at radius 1 is 1.44 bits per heavy atom. The van der Waals surface area contributed by atoms with Crippen LogP contribution in [0, 0.1) is 18.7 Å². The van der Waals surface area contributed by atoms with Gasteiger partial charge in [0.05, 0.1) is 5.69 Å². The maximum absolute atomic E-state index is 13.5. The molecule has 18 heavy (non-hydrogen) atoms. The molecule has 5 nitrogen and oxygen atoms in total. The van der Waals surface area contributed by atoms with E-state index >= 15 is 0 Å². The van der Waals surface area contributed by atoms with Crippen LogP contribution in [0.2, 0.25) is 0 Å². The Bertz CT molecular complexity index is 409. The summed E-state index contributed by atoms with van der Waals surface area (Å²) < 4.78 is 13.5. The number of nitrogens with zero attached hydrogens (tertiary/aromatic N) is 2. The van der Waals surface area contributed by atoms with Crippen molar-refractivity contribution in [1.82, 2.24) is 15.3 Å². The van der Waals surface area contributed by atoms with Crippen molar-refractivity contribution >= 4 is 11.7 Å². The van der Waals surface area contributed by atoms with Gasteiger partial charge >= 0.3 is 0 Å². The molecule has 0 atom stereocenters. The van der Waals surface area contributed by atoms with Gasteiger partial charge in [-0.2, -0.15) is 0 Å². The fraction of sp³-hybridized carbons (Fsp3) is 0.583. The Morgan fingerprint density at radius 2 is 2.17 bits per heavy atom. The van der Waals surface area contributed by atoms with Crippen LogP contribution in [-0.4, -0.2) is 29.0 Å². The van der Waals surface area contributed by atoms with Crippen molar-refractivity contribution in [2.75, 3.05) is 18.4 Å². The molecule has 0 radical (unpaired) electrons. The van der Waals surface area contributed by atoms with Gasteiger partial charge in [-0.05, 0) is 12.8 Å². The minimum Gasteiger partial charge on any atom is -0.367 e. The van der Waals surface area contributed by atoms with Gasteiger partial charge in [0.15, 0.2) is 11.6 Å². The maximum Gasteiger partial charge on any atom is 0.221 e. The van der Waals surface area contributed by atoms with E-state index in [1.54, 1.807) is 6.92 Å². The lowest BCUT2D eigenvalue weighted by Gasteiger charge is -2.09. The summed E-state index contributed by atoms with van der Waals surface area (Å²) in [7, 11) is 0. The molecule has 0 bridgehead atoms. The molecule has 1 rings (SSSR count). The molecule has 1 heterocycles. The summed E-state index contributed by atoms with van der Waals surface area (Å²) in [5.41, 5.74) is 0.289. The number of aromatic nitrogens is 2. The van der Waals surface area contributed by atoms with Gasteiger partial charge in [-0.1, -0.05) is 13.8 Å². The number of carbonyl (C=O) groups is 1. The molecule has 1 aromatic rings. The van der Waals surface area contributed by atoms with Crippen LogP contribution in [0.4, 0.5) is 10.2 Å². The Balaban J connectivity index is 2.33. The van der Waals surface area contributed by atoms with Crippen LogP contribution in [0.15, 0.2) is 6.33 Å². The summed E-state index contributed by atoms with van der Waals surface area (Å²) in [5, 5.41) is 5.57. The Morgan fingerprint density at radius 3 is 2.83 bits per heavy atom. The second-order valence-corrected chi connectivity index (χ2v) is 4.50. The third-order valence-electron chi connectivity index (χ3n) is 2.32.